The number of carbonyl (C=O) groups excluding carboxylic acids is 1. The molecular formula is C15H17NO3. The maximum atomic E-state index is 12.3. The van der Waals surface area contributed by atoms with Crippen molar-refractivity contribution in [2.24, 2.45) is 5.92 Å². The van der Waals surface area contributed by atoms with E-state index in [2.05, 4.69) is 0 Å². The molecule has 0 bridgehead atoms. The summed E-state index contributed by atoms with van der Waals surface area (Å²) in [6, 6.07) is 9.03. The lowest BCUT2D eigenvalue weighted by Crippen LogP contribution is -2.31. The minimum atomic E-state index is -0.622. The Labute approximate surface area is 112 Å². The van der Waals surface area contributed by atoms with E-state index < -0.39 is 12.2 Å². The van der Waals surface area contributed by atoms with Gasteiger partial charge in [-0.05, 0) is 25.0 Å². The summed E-state index contributed by atoms with van der Waals surface area (Å²) in [5.74, 6) is -0.312. The standard InChI is InChI=1S/C15H17NO3/c17-15-13(11-7-3-1-4-8-11)16(18)14(19-15)12-9-5-2-6-10-12/h1,3-4,7-8,12,14H,2,5-6,9-10H2/t14-/m0/s1. The number of carbonyl (C=O) groups is 1. The van der Waals surface area contributed by atoms with Gasteiger partial charge in [-0.3, -0.25) is 0 Å². The van der Waals surface area contributed by atoms with Gasteiger partial charge in [0.15, 0.2) is 0 Å². The van der Waals surface area contributed by atoms with Crippen LogP contribution in [0.3, 0.4) is 0 Å². The van der Waals surface area contributed by atoms with Gasteiger partial charge < -0.3 is 9.94 Å². The van der Waals surface area contributed by atoms with Crippen LogP contribution in [-0.4, -0.2) is 22.6 Å². The second-order valence-electron chi connectivity index (χ2n) is 5.23. The summed E-state index contributed by atoms with van der Waals surface area (Å²) < 4.78 is 6.10. The number of hydrogen-bond acceptors (Lipinski definition) is 3. The predicted molar refractivity (Wildman–Crippen MR) is 70.6 cm³/mol. The highest BCUT2D eigenvalue weighted by Gasteiger charge is 2.44. The van der Waals surface area contributed by atoms with Gasteiger partial charge in [0, 0.05) is 0 Å². The molecule has 0 spiro atoms. The van der Waals surface area contributed by atoms with Crippen LogP contribution < -0.4 is 0 Å². The van der Waals surface area contributed by atoms with Gasteiger partial charge >= 0.3 is 17.9 Å². The first-order valence-corrected chi connectivity index (χ1v) is 6.87. The second-order valence-corrected chi connectivity index (χ2v) is 5.23. The molecular weight excluding hydrogens is 242 g/mol. The lowest BCUT2D eigenvalue weighted by atomic mass is 9.88. The fourth-order valence-electron chi connectivity index (χ4n) is 2.98. The molecule has 1 saturated carbocycles. The van der Waals surface area contributed by atoms with Gasteiger partial charge in [-0.2, -0.15) is 4.74 Å². The van der Waals surface area contributed by atoms with E-state index in [1.165, 1.54) is 6.42 Å². The number of nitrogens with zero attached hydrogens (tertiary/aromatic N) is 1. The molecule has 1 aromatic carbocycles. The molecule has 2 aliphatic rings. The van der Waals surface area contributed by atoms with Crippen molar-refractivity contribution in [3.63, 3.8) is 0 Å². The molecule has 1 aliphatic heterocycles. The second kappa shape index (κ2) is 5.03. The molecule has 19 heavy (non-hydrogen) atoms. The molecule has 1 atom stereocenters. The van der Waals surface area contributed by atoms with Crippen LogP contribution in [0.1, 0.15) is 37.7 Å². The van der Waals surface area contributed by atoms with Gasteiger partial charge in [-0.1, -0.05) is 37.5 Å². The molecule has 0 saturated heterocycles. The van der Waals surface area contributed by atoms with Crippen molar-refractivity contribution in [1.29, 1.82) is 0 Å². The minimum absolute atomic E-state index is 0.149. The van der Waals surface area contributed by atoms with Crippen LogP contribution in [0.2, 0.25) is 0 Å². The van der Waals surface area contributed by atoms with Gasteiger partial charge in [0.05, 0.1) is 11.5 Å². The Kier molecular flexibility index (Phi) is 3.23. The first kappa shape index (κ1) is 12.2. The van der Waals surface area contributed by atoms with Crippen LogP contribution in [0.4, 0.5) is 0 Å². The van der Waals surface area contributed by atoms with E-state index >= 15 is 0 Å². The summed E-state index contributed by atoms with van der Waals surface area (Å²) in [7, 11) is 0. The van der Waals surface area contributed by atoms with Crippen LogP contribution in [0, 0.1) is 11.1 Å². The largest absolute Gasteiger partial charge is 0.620 e. The molecule has 4 heteroatoms. The molecule has 100 valence electrons. The normalized spacial score (nSPS) is 24.6. The lowest BCUT2D eigenvalue weighted by Gasteiger charge is -2.24. The number of hydrogen-bond donors (Lipinski definition) is 0. The summed E-state index contributed by atoms with van der Waals surface area (Å²) in [5.41, 5.74) is 0.789. The monoisotopic (exact) mass is 259 g/mol. The Balaban J connectivity index is 1.90. The maximum Gasteiger partial charge on any atom is 0.410 e. The smallest absolute Gasteiger partial charge is 0.410 e. The maximum absolute atomic E-state index is 12.3. The molecule has 1 fully saturated rings. The summed E-state index contributed by atoms with van der Waals surface area (Å²) in [5, 5.41) is 12.3. The van der Waals surface area contributed by atoms with Crippen molar-refractivity contribution in [3.8, 4) is 0 Å². The van der Waals surface area contributed by atoms with E-state index in [9.17, 15) is 10.0 Å². The van der Waals surface area contributed by atoms with Gasteiger partial charge in [0.1, 0.15) is 0 Å². The number of hydroxylamine groups is 1. The molecule has 1 aliphatic carbocycles. The van der Waals surface area contributed by atoms with E-state index in [0.29, 0.717) is 5.56 Å². The Bertz CT molecular complexity index is 503. The third kappa shape index (κ3) is 2.23. The predicted octanol–water partition coefficient (Wildman–Crippen LogP) is 2.45. The van der Waals surface area contributed by atoms with E-state index in [1.54, 1.807) is 12.1 Å². The average molecular weight is 259 g/mol. The zero-order chi connectivity index (χ0) is 13.2. The van der Waals surface area contributed by atoms with E-state index in [4.69, 9.17) is 4.74 Å². The minimum Gasteiger partial charge on any atom is -0.620 e. The number of ether oxygens (including phenoxy) is 1. The van der Waals surface area contributed by atoms with Crippen LogP contribution in [-0.2, 0) is 9.53 Å². The van der Waals surface area contributed by atoms with Gasteiger partial charge in [0.2, 0.25) is 0 Å². The zero-order valence-corrected chi connectivity index (χ0v) is 10.7. The van der Waals surface area contributed by atoms with Crippen molar-refractivity contribution >= 4 is 11.7 Å². The molecule has 1 aromatic rings. The average Bonchev–Trinajstić information content (AvgIpc) is 2.76. The zero-order valence-electron chi connectivity index (χ0n) is 10.7. The number of benzene rings is 1. The highest BCUT2D eigenvalue weighted by Crippen LogP contribution is 2.30. The van der Waals surface area contributed by atoms with Crippen molar-refractivity contribution in [2.45, 2.75) is 38.3 Å². The van der Waals surface area contributed by atoms with E-state index in [0.717, 1.165) is 30.4 Å². The summed E-state index contributed by atoms with van der Waals surface area (Å²) >= 11 is 0. The highest BCUT2D eigenvalue weighted by molar-refractivity contribution is 6.41. The third-order valence-corrected chi connectivity index (χ3v) is 3.97. The van der Waals surface area contributed by atoms with Crippen LogP contribution >= 0.6 is 0 Å². The van der Waals surface area contributed by atoms with Crippen molar-refractivity contribution < 1.29 is 14.3 Å². The van der Waals surface area contributed by atoms with Crippen LogP contribution in [0.15, 0.2) is 30.3 Å². The molecule has 0 radical (unpaired) electrons. The molecule has 0 aromatic heterocycles. The van der Waals surface area contributed by atoms with Crippen molar-refractivity contribution in [2.75, 3.05) is 0 Å². The summed E-state index contributed by atoms with van der Waals surface area (Å²) in [6.07, 6.45) is 4.77. The van der Waals surface area contributed by atoms with Gasteiger partial charge in [-0.15, -0.1) is 0 Å². The molecule has 3 rings (SSSR count). The van der Waals surface area contributed by atoms with Crippen LogP contribution in [0.25, 0.3) is 0 Å². The fourth-order valence-corrected chi connectivity index (χ4v) is 2.98. The Morgan fingerprint density at radius 1 is 1.11 bits per heavy atom. The van der Waals surface area contributed by atoms with Crippen molar-refractivity contribution in [3.05, 3.63) is 41.1 Å². The fraction of sp³-hybridized carbons (Fsp3) is 0.467. The molecule has 0 N–H and O–H groups in total. The Morgan fingerprint density at radius 3 is 2.47 bits per heavy atom. The quantitative estimate of drug-likeness (QED) is 0.465. The van der Waals surface area contributed by atoms with E-state index in [-0.39, 0.29) is 11.6 Å². The SMILES string of the molecule is O=C1O[C@@H](C2CCCCC2)[N+]([O-])=C1c1ccccc1. The highest BCUT2D eigenvalue weighted by atomic mass is 16.6. The molecule has 0 unspecified atom stereocenters. The van der Waals surface area contributed by atoms with Crippen LogP contribution in [0.5, 0.6) is 0 Å². The first-order valence-electron chi connectivity index (χ1n) is 6.87. The molecule has 4 nitrogen and oxygen atoms in total. The first-order chi connectivity index (χ1) is 9.27. The van der Waals surface area contributed by atoms with Gasteiger partial charge in [0.25, 0.3) is 0 Å². The number of cyclic esters (lactones) is 1. The Morgan fingerprint density at radius 2 is 1.79 bits per heavy atom. The molecule has 1 heterocycles. The van der Waals surface area contributed by atoms with Gasteiger partial charge in [-0.25, -0.2) is 4.79 Å². The summed E-state index contributed by atoms with van der Waals surface area (Å²) in [4.78, 5) is 11.9. The van der Waals surface area contributed by atoms with E-state index in [1.807, 2.05) is 18.2 Å². The number of rotatable bonds is 2. The lowest BCUT2D eigenvalue weighted by molar-refractivity contribution is -0.546. The topological polar surface area (TPSA) is 52.4 Å². The number of esters is 1. The molecule has 0 amide bonds. The third-order valence-electron chi connectivity index (χ3n) is 3.97. The summed E-state index contributed by atoms with van der Waals surface area (Å²) in [6.45, 7) is 0. The Hall–Kier alpha value is -1.84. The van der Waals surface area contributed by atoms with Crippen molar-refractivity contribution in [1.82, 2.24) is 0 Å².